The second-order valence-corrected chi connectivity index (χ2v) is 7.52. The second-order valence-electron chi connectivity index (χ2n) is 5.20. The van der Waals surface area contributed by atoms with Crippen LogP contribution in [0.4, 0.5) is 0 Å². The van der Waals surface area contributed by atoms with Gasteiger partial charge in [-0.1, -0.05) is 0 Å². The Labute approximate surface area is 110 Å². The molecule has 0 saturated carbocycles. The Balaban J connectivity index is 4.08. The van der Waals surface area contributed by atoms with Gasteiger partial charge in [0.2, 0.25) is 10.0 Å². The maximum atomic E-state index is 11.5. The van der Waals surface area contributed by atoms with Crippen LogP contribution in [0.25, 0.3) is 0 Å². The van der Waals surface area contributed by atoms with Crippen molar-refractivity contribution in [1.82, 2.24) is 4.72 Å². The lowest BCUT2D eigenvalue weighted by atomic mass is 10.3. The first-order chi connectivity index (χ1) is 8.10. The summed E-state index contributed by atoms with van der Waals surface area (Å²) in [6.45, 7) is 4.90. The number of sulfonamides is 1. The van der Waals surface area contributed by atoms with Crippen molar-refractivity contribution in [2.24, 2.45) is 0 Å². The van der Waals surface area contributed by atoms with E-state index >= 15 is 0 Å². The summed E-state index contributed by atoms with van der Waals surface area (Å²) in [5.74, 6) is -0.246. The standard InChI is InChI=1S/C11H25N2O4S/c1-10(2)18(15,16)12-7-9-13(3,4)8-6-11(14)17-5/h10,12H,6-9H2,1-5H3/q+1. The van der Waals surface area contributed by atoms with Crippen LogP contribution in [0, 0.1) is 0 Å². The molecule has 0 aromatic carbocycles. The van der Waals surface area contributed by atoms with Crippen molar-refractivity contribution in [1.29, 1.82) is 0 Å². The summed E-state index contributed by atoms with van der Waals surface area (Å²) < 4.78 is 30.8. The molecule has 0 atom stereocenters. The highest BCUT2D eigenvalue weighted by molar-refractivity contribution is 7.90. The molecule has 0 aliphatic heterocycles. The SMILES string of the molecule is COC(=O)CC[N+](C)(C)CCNS(=O)(=O)C(C)C. The Kier molecular flexibility index (Phi) is 6.80. The van der Waals surface area contributed by atoms with Crippen molar-refractivity contribution in [2.45, 2.75) is 25.5 Å². The van der Waals surface area contributed by atoms with Crippen LogP contribution in [0.15, 0.2) is 0 Å². The summed E-state index contributed by atoms with van der Waals surface area (Å²) in [4.78, 5) is 11.0. The fourth-order valence-electron chi connectivity index (χ4n) is 1.27. The van der Waals surface area contributed by atoms with Crippen LogP contribution in [0.1, 0.15) is 20.3 Å². The molecule has 108 valence electrons. The molecule has 0 radical (unpaired) electrons. The predicted octanol–water partition coefficient (Wildman–Crippen LogP) is -0.0463. The second kappa shape index (κ2) is 7.06. The van der Waals surface area contributed by atoms with Crippen molar-refractivity contribution in [3.63, 3.8) is 0 Å². The van der Waals surface area contributed by atoms with E-state index < -0.39 is 15.3 Å². The minimum absolute atomic E-state index is 0.246. The number of methoxy groups -OCH3 is 1. The van der Waals surface area contributed by atoms with Crippen LogP contribution in [0.2, 0.25) is 0 Å². The van der Waals surface area contributed by atoms with E-state index in [0.717, 1.165) is 0 Å². The van der Waals surface area contributed by atoms with Gasteiger partial charge in [-0.15, -0.1) is 0 Å². The number of hydrogen-bond acceptors (Lipinski definition) is 4. The van der Waals surface area contributed by atoms with Gasteiger partial charge in [0, 0.05) is 0 Å². The molecule has 0 aliphatic rings. The van der Waals surface area contributed by atoms with Gasteiger partial charge in [-0.05, 0) is 13.8 Å². The number of ether oxygens (including phenoxy) is 1. The van der Waals surface area contributed by atoms with E-state index in [1.165, 1.54) is 7.11 Å². The Bertz CT molecular complexity index is 363. The molecule has 7 heteroatoms. The first kappa shape index (κ1) is 17.3. The highest BCUT2D eigenvalue weighted by Gasteiger charge is 2.20. The first-order valence-electron chi connectivity index (χ1n) is 5.98. The molecule has 0 rings (SSSR count). The zero-order valence-corrected chi connectivity index (χ0v) is 12.7. The minimum atomic E-state index is -3.21. The number of nitrogens with zero attached hydrogens (tertiary/aromatic N) is 1. The number of rotatable bonds is 8. The van der Waals surface area contributed by atoms with E-state index in [0.29, 0.717) is 30.5 Å². The van der Waals surface area contributed by atoms with Crippen LogP contribution in [0.5, 0.6) is 0 Å². The third-order valence-corrected chi connectivity index (χ3v) is 4.64. The zero-order chi connectivity index (χ0) is 14.4. The Morgan fingerprint density at radius 1 is 1.28 bits per heavy atom. The lowest BCUT2D eigenvalue weighted by Gasteiger charge is -2.29. The van der Waals surface area contributed by atoms with Gasteiger partial charge in [0.15, 0.2) is 0 Å². The Morgan fingerprint density at radius 3 is 2.28 bits per heavy atom. The topological polar surface area (TPSA) is 72.5 Å². The maximum absolute atomic E-state index is 11.5. The zero-order valence-electron chi connectivity index (χ0n) is 11.9. The van der Waals surface area contributed by atoms with E-state index in [1.54, 1.807) is 13.8 Å². The van der Waals surface area contributed by atoms with Crippen molar-refractivity contribution in [3.8, 4) is 0 Å². The van der Waals surface area contributed by atoms with Crippen LogP contribution < -0.4 is 4.72 Å². The quantitative estimate of drug-likeness (QED) is 0.500. The molecular weight excluding hydrogens is 256 g/mol. The molecule has 1 N–H and O–H groups in total. The summed E-state index contributed by atoms with van der Waals surface area (Å²) in [5, 5.41) is -0.428. The highest BCUT2D eigenvalue weighted by Crippen LogP contribution is 2.01. The average molecular weight is 281 g/mol. The van der Waals surface area contributed by atoms with E-state index in [1.807, 2.05) is 14.1 Å². The number of likely N-dealkylation sites (N-methyl/N-ethyl adjacent to an activating group) is 1. The molecule has 0 fully saturated rings. The van der Waals surface area contributed by atoms with Gasteiger partial charge in [-0.25, -0.2) is 13.1 Å². The van der Waals surface area contributed by atoms with Crippen LogP contribution in [-0.4, -0.2) is 65.0 Å². The van der Waals surface area contributed by atoms with Gasteiger partial charge in [0.25, 0.3) is 0 Å². The molecule has 0 aromatic rings. The van der Waals surface area contributed by atoms with Gasteiger partial charge < -0.3 is 9.22 Å². The molecule has 0 saturated heterocycles. The Morgan fingerprint density at radius 2 is 1.83 bits per heavy atom. The third kappa shape index (κ3) is 6.93. The lowest BCUT2D eigenvalue weighted by Crippen LogP contribution is -2.47. The molecular formula is C11H25N2O4S+. The monoisotopic (exact) mass is 281 g/mol. The summed E-state index contributed by atoms with van der Waals surface area (Å²) in [6.07, 6.45) is 0.334. The number of hydrogen-bond donors (Lipinski definition) is 1. The van der Waals surface area contributed by atoms with Gasteiger partial charge >= 0.3 is 5.97 Å². The fourth-order valence-corrected chi connectivity index (χ4v) is 1.97. The molecule has 0 unspecified atom stereocenters. The third-order valence-electron chi connectivity index (χ3n) is 2.79. The van der Waals surface area contributed by atoms with Crippen molar-refractivity contribution in [2.75, 3.05) is 40.8 Å². The summed E-state index contributed by atoms with van der Waals surface area (Å²) >= 11 is 0. The molecule has 0 aromatic heterocycles. The summed E-state index contributed by atoms with van der Waals surface area (Å²) in [5.41, 5.74) is 0. The number of esters is 1. The first-order valence-corrected chi connectivity index (χ1v) is 7.52. The van der Waals surface area contributed by atoms with E-state index in [2.05, 4.69) is 9.46 Å². The molecule has 0 aliphatic carbocycles. The maximum Gasteiger partial charge on any atom is 0.311 e. The van der Waals surface area contributed by atoms with E-state index in [9.17, 15) is 13.2 Å². The summed E-state index contributed by atoms with van der Waals surface area (Å²) in [7, 11) is 2.05. The lowest BCUT2D eigenvalue weighted by molar-refractivity contribution is -0.888. The predicted molar refractivity (Wildman–Crippen MR) is 70.5 cm³/mol. The molecule has 0 heterocycles. The van der Waals surface area contributed by atoms with Crippen molar-refractivity contribution in [3.05, 3.63) is 0 Å². The minimum Gasteiger partial charge on any atom is -0.469 e. The van der Waals surface area contributed by atoms with Crippen molar-refractivity contribution >= 4 is 16.0 Å². The summed E-state index contributed by atoms with van der Waals surface area (Å²) in [6, 6.07) is 0. The largest absolute Gasteiger partial charge is 0.469 e. The molecule has 0 bridgehead atoms. The fraction of sp³-hybridized carbons (Fsp3) is 0.909. The van der Waals surface area contributed by atoms with Gasteiger partial charge in [-0.2, -0.15) is 0 Å². The number of quaternary nitrogens is 1. The molecule has 0 spiro atoms. The van der Waals surface area contributed by atoms with Crippen LogP contribution in [-0.2, 0) is 19.6 Å². The Hall–Kier alpha value is -0.660. The van der Waals surface area contributed by atoms with Gasteiger partial charge in [0.05, 0.1) is 52.5 Å². The smallest absolute Gasteiger partial charge is 0.311 e. The highest BCUT2D eigenvalue weighted by atomic mass is 32.2. The van der Waals surface area contributed by atoms with Crippen molar-refractivity contribution < 1.29 is 22.4 Å². The van der Waals surface area contributed by atoms with E-state index in [-0.39, 0.29) is 5.97 Å². The molecule has 6 nitrogen and oxygen atoms in total. The average Bonchev–Trinajstić information content (AvgIpc) is 2.25. The molecule has 18 heavy (non-hydrogen) atoms. The number of carbonyl (C=O) groups excluding carboxylic acids is 1. The van der Waals surface area contributed by atoms with Crippen LogP contribution in [0.3, 0.4) is 0 Å². The molecule has 0 amide bonds. The van der Waals surface area contributed by atoms with E-state index in [4.69, 9.17) is 0 Å². The number of carbonyl (C=O) groups is 1. The normalized spacial score (nSPS) is 12.8. The number of nitrogens with one attached hydrogen (secondary N) is 1. The van der Waals surface area contributed by atoms with Crippen LogP contribution >= 0.6 is 0 Å². The van der Waals surface area contributed by atoms with Gasteiger partial charge in [-0.3, -0.25) is 4.79 Å². The van der Waals surface area contributed by atoms with Gasteiger partial charge in [0.1, 0.15) is 0 Å².